The molecule has 1 aromatic heterocycles. The third-order valence-electron chi connectivity index (χ3n) is 4.15. The molecule has 0 aliphatic carbocycles. The van der Waals surface area contributed by atoms with Crippen LogP contribution in [-0.2, 0) is 10.0 Å². The van der Waals surface area contributed by atoms with Crippen LogP contribution in [0.15, 0.2) is 53.4 Å². The molecule has 0 radical (unpaired) electrons. The van der Waals surface area contributed by atoms with Gasteiger partial charge in [0.2, 0.25) is 10.0 Å². The van der Waals surface area contributed by atoms with Gasteiger partial charge in [-0.05, 0) is 54.9 Å². The van der Waals surface area contributed by atoms with Gasteiger partial charge in [0.05, 0.1) is 4.90 Å². The van der Waals surface area contributed by atoms with Crippen LogP contribution >= 0.6 is 22.9 Å². The monoisotopic (exact) mass is 421 g/mol. The van der Waals surface area contributed by atoms with Crippen molar-refractivity contribution in [3.8, 4) is 21.6 Å². The Morgan fingerprint density at radius 1 is 1.11 bits per heavy atom. The summed E-state index contributed by atoms with van der Waals surface area (Å²) in [4.78, 5) is 12.9. The Morgan fingerprint density at radius 2 is 1.78 bits per heavy atom. The van der Waals surface area contributed by atoms with Crippen molar-refractivity contribution in [3.63, 3.8) is 0 Å². The number of sulfonamides is 1. The highest BCUT2D eigenvalue weighted by atomic mass is 35.5. The molecule has 0 unspecified atom stereocenters. The summed E-state index contributed by atoms with van der Waals surface area (Å²) in [5.74, 6) is -1.06. The quantitative estimate of drug-likeness (QED) is 0.628. The Hall–Kier alpha value is -2.19. The number of hydrogen-bond donors (Lipinski definition) is 2. The summed E-state index contributed by atoms with van der Waals surface area (Å²) in [6, 6.07) is 13.4. The zero-order chi connectivity index (χ0) is 19.8. The maximum absolute atomic E-state index is 12.1. The maximum atomic E-state index is 12.1. The lowest BCUT2D eigenvalue weighted by Crippen LogP contribution is -2.18. The first-order valence-electron chi connectivity index (χ1n) is 7.91. The molecule has 5 nitrogen and oxygen atoms in total. The number of carboxylic acids is 1. The van der Waals surface area contributed by atoms with Crippen molar-refractivity contribution < 1.29 is 18.3 Å². The Morgan fingerprint density at radius 3 is 2.37 bits per heavy atom. The molecule has 0 aliphatic rings. The molecule has 140 valence electrons. The van der Waals surface area contributed by atoms with Gasteiger partial charge in [-0.2, -0.15) is 0 Å². The number of hydrogen-bond acceptors (Lipinski definition) is 4. The molecule has 0 amide bonds. The smallest absolute Gasteiger partial charge is 0.346 e. The first kappa shape index (κ1) is 19.6. The molecule has 8 heteroatoms. The first-order valence-corrected chi connectivity index (χ1v) is 10.6. The minimum absolute atomic E-state index is 0.0810. The number of nitrogens with one attached hydrogen (secondary N) is 1. The number of benzene rings is 2. The average molecular weight is 422 g/mol. The van der Waals surface area contributed by atoms with Crippen LogP contribution in [0.1, 0.15) is 15.2 Å². The SMILES string of the molecule is CNS(=O)(=O)c1cccc(-c2c(C(=O)O)sc(-c3ccc(Cl)cc3)c2C)c1. The summed E-state index contributed by atoms with van der Waals surface area (Å²) in [6.07, 6.45) is 0. The third kappa shape index (κ3) is 3.77. The lowest BCUT2D eigenvalue weighted by atomic mass is 9.99. The van der Waals surface area contributed by atoms with E-state index in [4.69, 9.17) is 11.6 Å². The van der Waals surface area contributed by atoms with E-state index >= 15 is 0 Å². The van der Waals surface area contributed by atoms with Crippen molar-refractivity contribution in [1.82, 2.24) is 4.72 Å². The molecular formula is C19H16ClNO4S2. The van der Waals surface area contributed by atoms with Crippen molar-refractivity contribution in [1.29, 1.82) is 0 Å². The van der Waals surface area contributed by atoms with E-state index in [9.17, 15) is 18.3 Å². The van der Waals surface area contributed by atoms with Crippen LogP contribution in [0, 0.1) is 6.92 Å². The summed E-state index contributed by atoms with van der Waals surface area (Å²) in [6.45, 7) is 1.83. The number of rotatable bonds is 5. The molecular weight excluding hydrogens is 406 g/mol. The standard InChI is InChI=1S/C19H16ClNO4S2/c1-11-16(13-4-3-5-15(10-13)27(24,25)21-2)18(19(22)23)26-17(11)12-6-8-14(20)9-7-12/h3-10,21H,1-2H3,(H,22,23). The minimum Gasteiger partial charge on any atom is -0.477 e. The predicted molar refractivity (Wildman–Crippen MR) is 108 cm³/mol. The molecule has 2 N–H and O–H groups in total. The predicted octanol–water partition coefficient (Wildman–Crippen LogP) is 4.65. The molecule has 3 aromatic rings. The minimum atomic E-state index is -3.63. The van der Waals surface area contributed by atoms with Gasteiger partial charge in [0.25, 0.3) is 0 Å². The van der Waals surface area contributed by atoms with Crippen LogP contribution in [0.2, 0.25) is 5.02 Å². The fraction of sp³-hybridized carbons (Fsp3) is 0.105. The van der Waals surface area contributed by atoms with Crippen LogP contribution < -0.4 is 4.72 Å². The summed E-state index contributed by atoms with van der Waals surface area (Å²) in [5, 5.41) is 10.3. The van der Waals surface area contributed by atoms with Gasteiger partial charge >= 0.3 is 5.97 Å². The molecule has 27 heavy (non-hydrogen) atoms. The number of thiophene rings is 1. The number of halogens is 1. The molecule has 0 spiro atoms. The fourth-order valence-electron chi connectivity index (χ4n) is 2.82. The molecule has 3 rings (SSSR count). The third-order valence-corrected chi connectivity index (χ3v) is 7.14. The Kier molecular flexibility index (Phi) is 5.39. The second-order valence-electron chi connectivity index (χ2n) is 5.81. The van der Waals surface area contributed by atoms with Gasteiger partial charge in [0.1, 0.15) is 4.88 Å². The van der Waals surface area contributed by atoms with Crippen LogP contribution in [0.5, 0.6) is 0 Å². The van der Waals surface area contributed by atoms with Gasteiger partial charge in [0.15, 0.2) is 0 Å². The molecule has 0 fully saturated rings. The zero-order valence-electron chi connectivity index (χ0n) is 14.5. The molecule has 2 aromatic carbocycles. The lowest BCUT2D eigenvalue weighted by molar-refractivity contribution is 0.0703. The Balaban J connectivity index is 2.23. The zero-order valence-corrected chi connectivity index (χ0v) is 16.9. The second kappa shape index (κ2) is 7.44. The summed E-state index contributed by atoms with van der Waals surface area (Å²) in [5.41, 5.74) is 2.69. The van der Waals surface area contributed by atoms with E-state index in [0.29, 0.717) is 16.1 Å². The van der Waals surface area contributed by atoms with Gasteiger partial charge in [0, 0.05) is 15.5 Å². The second-order valence-corrected chi connectivity index (χ2v) is 9.15. The summed E-state index contributed by atoms with van der Waals surface area (Å²) < 4.78 is 26.5. The van der Waals surface area contributed by atoms with Gasteiger partial charge < -0.3 is 5.11 Å². The molecule has 0 bridgehead atoms. The molecule has 0 atom stereocenters. The van der Waals surface area contributed by atoms with E-state index in [1.54, 1.807) is 24.3 Å². The molecule has 1 heterocycles. The van der Waals surface area contributed by atoms with Gasteiger partial charge in [-0.25, -0.2) is 17.9 Å². The van der Waals surface area contributed by atoms with E-state index in [1.165, 1.54) is 19.2 Å². The highest BCUT2D eigenvalue weighted by molar-refractivity contribution is 7.89. The summed E-state index contributed by atoms with van der Waals surface area (Å²) >= 11 is 7.10. The Labute approximate surface area is 166 Å². The van der Waals surface area contributed by atoms with Crippen LogP contribution in [0.25, 0.3) is 21.6 Å². The lowest BCUT2D eigenvalue weighted by Gasteiger charge is -2.08. The summed E-state index contributed by atoms with van der Waals surface area (Å²) in [7, 11) is -2.30. The van der Waals surface area contributed by atoms with Crippen molar-refractivity contribution in [2.75, 3.05) is 7.05 Å². The fourth-order valence-corrected chi connectivity index (χ4v) is 4.90. The van der Waals surface area contributed by atoms with Gasteiger partial charge in [-0.3, -0.25) is 0 Å². The van der Waals surface area contributed by atoms with E-state index < -0.39 is 16.0 Å². The Bertz CT molecular complexity index is 1120. The molecule has 0 aliphatic heterocycles. The first-order chi connectivity index (χ1) is 12.7. The van der Waals surface area contributed by atoms with Crippen molar-refractivity contribution in [2.45, 2.75) is 11.8 Å². The largest absolute Gasteiger partial charge is 0.477 e. The van der Waals surface area contributed by atoms with E-state index in [-0.39, 0.29) is 9.77 Å². The molecule has 0 saturated heterocycles. The number of carbonyl (C=O) groups is 1. The van der Waals surface area contributed by atoms with Crippen LogP contribution in [0.4, 0.5) is 0 Å². The topological polar surface area (TPSA) is 83.5 Å². The van der Waals surface area contributed by atoms with Crippen LogP contribution in [-0.4, -0.2) is 26.5 Å². The van der Waals surface area contributed by atoms with Gasteiger partial charge in [-0.15, -0.1) is 11.3 Å². The van der Waals surface area contributed by atoms with Crippen molar-refractivity contribution in [2.24, 2.45) is 0 Å². The van der Waals surface area contributed by atoms with E-state index in [0.717, 1.165) is 27.3 Å². The van der Waals surface area contributed by atoms with E-state index in [1.807, 2.05) is 19.1 Å². The van der Waals surface area contributed by atoms with E-state index in [2.05, 4.69) is 4.72 Å². The number of aromatic carboxylic acids is 1. The van der Waals surface area contributed by atoms with Crippen molar-refractivity contribution in [3.05, 3.63) is 64.0 Å². The molecule has 0 saturated carbocycles. The van der Waals surface area contributed by atoms with Gasteiger partial charge in [-0.1, -0.05) is 35.9 Å². The van der Waals surface area contributed by atoms with Crippen LogP contribution in [0.3, 0.4) is 0 Å². The maximum Gasteiger partial charge on any atom is 0.346 e. The normalized spacial score (nSPS) is 11.5. The number of carboxylic acid groups (broad SMARTS) is 1. The highest BCUT2D eigenvalue weighted by Crippen LogP contribution is 2.42. The highest BCUT2D eigenvalue weighted by Gasteiger charge is 2.23. The average Bonchev–Trinajstić information content (AvgIpc) is 3.00. The van der Waals surface area contributed by atoms with Crippen molar-refractivity contribution >= 4 is 38.9 Å².